The van der Waals surface area contributed by atoms with Crippen molar-refractivity contribution in [1.29, 1.82) is 0 Å². The molecular formula is C24H41N3OS. The molecule has 1 heterocycles. The van der Waals surface area contributed by atoms with Crippen molar-refractivity contribution in [3.8, 4) is 0 Å². The summed E-state index contributed by atoms with van der Waals surface area (Å²) in [5, 5.41) is 4.05. The number of anilines is 1. The van der Waals surface area contributed by atoms with Crippen molar-refractivity contribution in [1.82, 2.24) is 4.98 Å². The van der Waals surface area contributed by atoms with Gasteiger partial charge in [-0.3, -0.25) is 0 Å². The standard InChI is InChI=1S/C20H29N3OS.2C2H6/c1-8-16(13-17(9-2)24-11-4)19-18(12-14(5)6)25-20(23-19)22-15(7)21-10-3;2*1-2/h8-10,13-14H,1,3,11-12H2,2,4-7H3,(H,21,22,23);2*1-2H3/b16-13+,17-9+;;. The number of allylic oxidation sites excluding steroid dienone is 4. The van der Waals surface area contributed by atoms with Crippen LogP contribution in [-0.4, -0.2) is 17.4 Å². The zero-order valence-electron chi connectivity index (χ0n) is 19.9. The van der Waals surface area contributed by atoms with Crippen LogP contribution in [0.4, 0.5) is 5.13 Å². The van der Waals surface area contributed by atoms with Crippen LogP contribution in [0.5, 0.6) is 0 Å². The van der Waals surface area contributed by atoms with E-state index in [1.165, 1.54) is 11.1 Å². The molecule has 0 atom stereocenters. The number of aromatic nitrogens is 1. The molecule has 0 fully saturated rings. The van der Waals surface area contributed by atoms with E-state index in [-0.39, 0.29) is 0 Å². The average Bonchev–Trinajstić information content (AvgIpc) is 3.09. The molecule has 1 N–H and O–H groups in total. The lowest BCUT2D eigenvalue weighted by Gasteiger charge is -2.08. The van der Waals surface area contributed by atoms with E-state index in [0.717, 1.165) is 34.4 Å². The molecule has 29 heavy (non-hydrogen) atoms. The highest BCUT2D eigenvalue weighted by Gasteiger charge is 2.15. The largest absolute Gasteiger partial charge is 0.494 e. The molecule has 1 rings (SSSR count). The predicted octanol–water partition coefficient (Wildman–Crippen LogP) is 7.88. The molecule has 0 spiro atoms. The summed E-state index contributed by atoms with van der Waals surface area (Å²) in [7, 11) is 0. The lowest BCUT2D eigenvalue weighted by atomic mass is 10.0. The van der Waals surface area contributed by atoms with Crippen LogP contribution in [0.3, 0.4) is 0 Å². The van der Waals surface area contributed by atoms with Gasteiger partial charge in [-0.15, -0.1) is 11.3 Å². The van der Waals surface area contributed by atoms with E-state index in [1.807, 2.05) is 66.7 Å². The van der Waals surface area contributed by atoms with Crippen LogP contribution in [0.2, 0.25) is 0 Å². The molecule has 0 saturated carbocycles. The fraction of sp³-hybridized carbons (Fsp3) is 0.500. The average molecular weight is 420 g/mol. The van der Waals surface area contributed by atoms with E-state index < -0.39 is 0 Å². The van der Waals surface area contributed by atoms with Gasteiger partial charge in [-0.2, -0.15) is 0 Å². The van der Waals surface area contributed by atoms with Gasteiger partial charge in [-0.1, -0.05) is 60.8 Å². The second-order valence-corrected chi connectivity index (χ2v) is 6.92. The third kappa shape index (κ3) is 11.4. The molecular weight excluding hydrogens is 378 g/mol. The van der Waals surface area contributed by atoms with Crippen molar-refractivity contribution in [3.63, 3.8) is 0 Å². The third-order valence-electron chi connectivity index (χ3n) is 3.25. The topological polar surface area (TPSA) is 46.5 Å². The zero-order valence-corrected chi connectivity index (χ0v) is 20.7. The van der Waals surface area contributed by atoms with E-state index in [9.17, 15) is 0 Å². The Balaban J connectivity index is 0. The van der Waals surface area contributed by atoms with Gasteiger partial charge in [0.15, 0.2) is 5.13 Å². The van der Waals surface area contributed by atoms with E-state index in [1.54, 1.807) is 11.3 Å². The summed E-state index contributed by atoms with van der Waals surface area (Å²) < 4.78 is 5.64. The molecule has 4 nitrogen and oxygen atoms in total. The van der Waals surface area contributed by atoms with Crippen LogP contribution in [0, 0.1) is 5.92 Å². The minimum Gasteiger partial charge on any atom is -0.494 e. The zero-order chi connectivity index (χ0) is 22.8. The summed E-state index contributed by atoms with van der Waals surface area (Å²) in [5.74, 6) is 2.12. The van der Waals surface area contributed by atoms with Gasteiger partial charge in [0.25, 0.3) is 0 Å². The monoisotopic (exact) mass is 419 g/mol. The number of ether oxygens (including phenoxy) is 1. The number of nitrogens with one attached hydrogen (secondary N) is 1. The predicted molar refractivity (Wildman–Crippen MR) is 134 cm³/mol. The highest BCUT2D eigenvalue weighted by atomic mass is 32.1. The molecule has 164 valence electrons. The third-order valence-corrected chi connectivity index (χ3v) is 4.24. The van der Waals surface area contributed by atoms with Gasteiger partial charge in [0.2, 0.25) is 0 Å². The lowest BCUT2D eigenvalue weighted by molar-refractivity contribution is 0.242. The molecule has 0 aliphatic rings. The first kappa shape index (κ1) is 29.1. The second-order valence-electron chi connectivity index (χ2n) is 5.84. The molecule has 1 aromatic rings. The Kier molecular flexibility index (Phi) is 18.0. The minimum absolute atomic E-state index is 0.536. The lowest BCUT2D eigenvalue weighted by Crippen LogP contribution is -2.06. The summed E-state index contributed by atoms with van der Waals surface area (Å²) >= 11 is 1.65. The number of rotatable bonds is 9. The summed E-state index contributed by atoms with van der Waals surface area (Å²) in [4.78, 5) is 10.1. The van der Waals surface area contributed by atoms with E-state index in [4.69, 9.17) is 9.72 Å². The Morgan fingerprint density at radius 1 is 1.24 bits per heavy atom. The van der Waals surface area contributed by atoms with Gasteiger partial charge < -0.3 is 10.1 Å². The molecule has 0 bridgehead atoms. The Hall–Kier alpha value is -2.14. The quantitative estimate of drug-likeness (QED) is 0.192. The van der Waals surface area contributed by atoms with Crippen LogP contribution >= 0.6 is 11.3 Å². The molecule has 1 aromatic heterocycles. The van der Waals surface area contributed by atoms with Crippen molar-refractivity contribution < 1.29 is 4.74 Å². The van der Waals surface area contributed by atoms with Gasteiger partial charge in [0, 0.05) is 16.7 Å². The van der Waals surface area contributed by atoms with Crippen molar-refractivity contribution in [2.75, 3.05) is 11.9 Å². The fourth-order valence-corrected chi connectivity index (χ4v) is 3.46. The highest BCUT2D eigenvalue weighted by molar-refractivity contribution is 7.16. The summed E-state index contributed by atoms with van der Waals surface area (Å²) in [6.45, 7) is 26.4. The summed E-state index contributed by atoms with van der Waals surface area (Å²) in [5.41, 5.74) is 1.90. The number of thiazole rings is 1. The van der Waals surface area contributed by atoms with Crippen molar-refractivity contribution in [3.05, 3.63) is 53.9 Å². The molecule has 0 aromatic carbocycles. The van der Waals surface area contributed by atoms with Gasteiger partial charge in [-0.05, 0) is 45.3 Å². The van der Waals surface area contributed by atoms with Gasteiger partial charge >= 0.3 is 0 Å². The Bertz CT molecular complexity index is 682. The second kappa shape index (κ2) is 17.9. The maximum absolute atomic E-state index is 5.64. The molecule has 0 aliphatic carbocycles. The van der Waals surface area contributed by atoms with Crippen molar-refractivity contribution in [2.24, 2.45) is 10.9 Å². The van der Waals surface area contributed by atoms with E-state index >= 15 is 0 Å². The molecule has 0 unspecified atom stereocenters. The van der Waals surface area contributed by atoms with E-state index in [2.05, 4.69) is 37.3 Å². The maximum atomic E-state index is 5.64. The minimum atomic E-state index is 0.536. The van der Waals surface area contributed by atoms with E-state index in [0.29, 0.717) is 12.5 Å². The highest BCUT2D eigenvalue weighted by Crippen LogP contribution is 2.31. The first-order valence-electron chi connectivity index (χ1n) is 10.5. The summed E-state index contributed by atoms with van der Waals surface area (Å²) in [6.07, 6.45) is 8.24. The fourth-order valence-electron chi connectivity index (χ4n) is 2.22. The molecule has 0 radical (unpaired) electrons. The van der Waals surface area contributed by atoms with Crippen molar-refractivity contribution in [2.45, 2.75) is 68.7 Å². The van der Waals surface area contributed by atoms with Crippen molar-refractivity contribution >= 4 is 27.9 Å². The normalized spacial score (nSPS) is 11.7. The van der Waals surface area contributed by atoms with Gasteiger partial charge in [-0.25, -0.2) is 9.98 Å². The van der Waals surface area contributed by atoms with Crippen LogP contribution in [0.25, 0.3) is 5.57 Å². The molecule has 5 heteroatoms. The number of amidine groups is 1. The Morgan fingerprint density at radius 3 is 2.31 bits per heavy atom. The molecule has 0 aliphatic heterocycles. The SMILES string of the molecule is C=CN=C(C)Nc1nc(/C(C=C)=C/C(=C\C)OCC)c(CC(C)C)s1.CC.CC. The molecule has 0 saturated heterocycles. The maximum Gasteiger partial charge on any atom is 0.188 e. The van der Waals surface area contributed by atoms with Crippen LogP contribution in [-0.2, 0) is 11.2 Å². The van der Waals surface area contributed by atoms with Gasteiger partial charge in [0.05, 0.1) is 12.3 Å². The summed E-state index contributed by atoms with van der Waals surface area (Å²) in [6, 6.07) is 0. The molecule has 0 amide bonds. The Labute approximate surface area is 183 Å². The number of nitrogens with zero attached hydrogens (tertiary/aromatic N) is 2. The van der Waals surface area contributed by atoms with Gasteiger partial charge in [0.1, 0.15) is 11.6 Å². The Morgan fingerprint density at radius 2 is 1.86 bits per heavy atom. The smallest absolute Gasteiger partial charge is 0.188 e. The first-order chi connectivity index (χ1) is 13.9. The number of aliphatic imine (C=N–C) groups is 1. The number of hydrogen-bond acceptors (Lipinski definition) is 4. The number of hydrogen-bond donors (Lipinski definition) is 1. The van der Waals surface area contributed by atoms with Crippen LogP contribution < -0.4 is 5.32 Å². The van der Waals surface area contributed by atoms with Crippen LogP contribution in [0.15, 0.2) is 48.3 Å². The van der Waals surface area contributed by atoms with Crippen LogP contribution in [0.1, 0.15) is 72.9 Å². The first-order valence-corrected chi connectivity index (χ1v) is 11.3.